The molecular formula is C15H18N2O2. The number of carbonyl (C=O) groups is 1. The molecule has 1 aliphatic rings. The number of aliphatic hydroxyl groups is 1. The summed E-state index contributed by atoms with van der Waals surface area (Å²) < 4.78 is 0. The summed E-state index contributed by atoms with van der Waals surface area (Å²) in [5, 5.41) is 8.61. The van der Waals surface area contributed by atoms with Crippen LogP contribution in [0.15, 0.2) is 18.3 Å². The topological polar surface area (TPSA) is 53.4 Å². The second-order valence-electron chi connectivity index (χ2n) is 4.74. The minimum atomic E-state index is -0.175. The first-order valence-corrected chi connectivity index (χ1v) is 6.59. The smallest absolute Gasteiger partial charge is 0.272 e. The lowest BCUT2D eigenvalue weighted by atomic mass is 10.0. The Balaban J connectivity index is 2.10. The highest BCUT2D eigenvalue weighted by Gasteiger charge is 2.24. The first-order chi connectivity index (χ1) is 9.22. The molecule has 0 bridgehead atoms. The number of amides is 1. The molecule has 4 nitrogen and oxygen atoms in total. The van der Waals surface area contributed by atoms with E-state index in [1.807, 2.05) is 4.90 Å². The van der Waals surface area contributed by atoms with Crippen molar-refractivity contribution in [3.8, 4) is 11.8 Å². The maximum Gasteiger partial charge on any atom is 0.272 e. The summed E-state index contributed by atoms with van der Waals surface area (Å²) in [6, 6.07) is 3.75. The van der Waals surface area contributed by atoms with Gasteiger partial charge in [-0.2, -0.15) is 0 Å². The third-order valence-electron chi connectivity index (χ3n) is 3.36. The van der Waals surface area contributed by atoms with Gasteiger partial charge in [0.25, 0.3) is 5.91 Å². The van der Waals surface area contributed by atoms with Crippen molar-refractivity contribution in [2.75, 3.05) is 13.2 Å². The SMILES string of the molecule is CC1CCCCN1C(=O)c1ccc(C#CCO)cn1. The number of hydrogen-bond donors (Lipinski definition) is 1. The fraction of sp³-hybridized carbons (Fsp3) is 0.467. The number of hydrogen-bond acceptors (Lipinski definition) is 3. The lowest BCUT2D eigenvalue weighted by Gasteiger charge is -2.33. The van der Waals surface area contributed by atoms with Crippen molar-refractivity contribution in [1.29, 1.82) is 0 Å². The van der Waals surface area contributed by atoms with Crippen LogP contribution < -0.4 is 0 Å². The van der Waals surface area contributed by atoms with Crippen molar-refractivity contribution in [2.24, 2.45) is 0 Å². The first-order valence-electron chi connectivity index (χ1n) is 6.59. The predicted molar refractivity (Wildman–Crippen MR) is 72.6 cm³/mol. The molecule has 0 radical (unpaired) electrons. The van der Waals surface area contributed by atoms with Crippen LogP contribution in [-0.2, 0) is 0 Å². The molecule has 0 spiro atoms. The number of aromatic nitrogens is 1. The zero-order chi connectivity index (χ0) is 13.7. The van der Waals surface area contributed by atoms with Crippen LogP contribution in [-0.4, -0.2) is 40.1 Å². The highest BCUT2D eigenvalue weighted by Crippen LogP contribution is 2.18. The van der Waals surface area contributed by atoms with E-state index in [9.17, 15) is 4.79 Å². The fourth-order valence-electron chi connectivity index (χ4n) is 2.28. The molecule has 100 valence electrons. The lowest BCUT2D eigenvalue weighted by molar-refractivity contribution is 0.0629. The normalized spacial score (nSPS) is 18.6. The van der Waals surface area contributed by atoms with Crippen molar-refractivity contribution in [1.82, 2.24) is 9.88 Å². The molecule has 1 aromatic heterocycles. The number of likely N-dealkylation sites (tertiary alicyclic amines) is 1. The summed E-state index contributed by atoms with van der Waals surface area (Å²) in [6.07, 6.45) is 4.89. The number of nitrogens with zero attached hydrogens (tertiary/aromatic N) is 2. The molecule has 0 aliphatic carbocycles. The van der Waals surface area contributed by atoms with Gasteiger partial charge in [-0.05, 0) is 38.3 Å². The Labute approximate surface area is 113 Å². The van der Waals surface area contributed by atoms with Crippen molar-refractivity contribution in [3.63, 3.8) is 0 Å². The molecule has 0 saturated carbocycles. The highest BCUT2D eigenvalue weighted by molar-refractivity contribution is 5.92. The number of aliphatic hydroxyl groups excluding tert-OH is 1. The Morgan fingerprint density at radius 3 is 3.00 bits per heavy atom. The minimum absolute atomic E-state index is 0.00568. The van der Waals surface area contributed by atoms with Gasteiger partial charge >= 0.3 is 0 Å². The van der Waals surface area contributed by atoms with Crippen LogP contribution in [0.5, 0.6) is 0 Å². The number of rotatable bonds is 1. The third-order valence-corrected chi connectivity index (χ3v) is 3.36. The van der Waals surface area contributed by atoms with Gasteiger partial charge in [0.2, 0.25) is 0 Å². The quantitative estimate of drug-likeness (QED) is 0.775. The molecule has 0 aromatic carbocycles. The standard InChI is InChI=1S/C15H18N2O2/c1-12-5-2-3-9-17(12)15(19)14-8-7-13(11-16-14)6-4-10-18/h7-8,11-12,18H,2-3,5,9-10H2,1H3. The number of pyridine rings is 1. The molecular weight excluding hydrogens is 240 g/mol. The van der Waals surface area contributed by atoms with E-state index in [1.165, 1.54) is 6.42 Å². The van der Waals surface area contributed by atoms with E-state index in [0.717, 1.165) is 19.4 Å². The molecule has 1 atom stereocenters. The molecule has 19 heavy (non-hydrogen) atoms. The molecule has 4 heteroatoms. The second kappa shape index (κ2) is 6.35. The van der Waals surface area contributed by atoms with Crippen LogP contribution in [0.4, 0.5) is 0 Å². The van der Waals surface area contributed by atoms with E-state index < -0.39 is 0 Å². The van der Waals surface area contributed by atoms with E-state index >= 15 is 0 Å². The molecule has 1 fully saturated rings. The number of piperidine rings is 1. The maximum atomic E-state index is 12.3. The molecule has 2 rings (SSSR count). The Morgan fingerprint density at radius 1 is 1.53 bits per heavy atom. The average molecular weight is 258 g/mol. The summed E-state index contributed by atoms with van der Waals surface area (Å²) in [7, 11) is 0. The van der Waals surface area contributed by atoms with Crippen molar-refractivity contribution >= 4 is 5.91 Å². The van der Waals surface area contributed by atoms with Gasteiger partial charge < -0.3 is 10.0 Å². The van der Waals surface area contributed by atoms with Crippen LogP contribution in [0.3, 0.4) is 0 Å². The zero-order valence-electron chi connectivity index (χ0n) is 11.1. The van der Waals surface area contributed by atoms with Gasteiger partial charge in [0.05, 0.1) is 0 Å². The van der Waals surface area contributed by atoms with Crippen LogP contribution in [0.25, 0.3) is 0 Å². The van der Waals surface area contributed by atoms with E-state index in [1.54, 1.807) is 18.3 Å². The van der Waals surface area contributed by atoms with Crippen LogP contribution in [0.1, 0.15) is 42.2 Å². The van der Waals surface area contributed by atoms with E-state index in [-0.39, 0.29) is 18.6 Å². The van der Waals surface area contributed by atoms with Gasteiger partial charge in [0.15, 0.2) is 0 Å². The predicted octanol–water partition coefficient (Wildman–Crippen LogP) is 1.44. The molecule has 1 N–H and O–H groups in total. The van der Waals surface area contributed by atoms with Gasteiger partial charge in [-0.15, -0.1) is 0 Å². The summed E-state index contributed by atoms with van der Waals surface area (Å²) in [5.41, 5.74) is 1.17. The number of carbonyl (C=O) groups excluding carboxylic acids is 1. The van der Waals surface area contributed by atoms with Crippen molar-refractivity contribution in [3.05, 3.63) is 29.6 Å². The van der Waals surface area contributed by atoms with Crippen molar-refractivity contribution in [2.45, 2.75) is 32.2 Å². The Bertz CT molecular complexity index is 499. The largest absolute Gasteiger partial charge is 0.384 e. The Morgan fingerprint density at radius 2 is 2.37 bits per heavy atom. The molecule has 1 aliphatic heterocycles. The molecule has 1 unspecified atom stereocenters. The lowest BCUT2D eigenvalue weighted by Crippen LogP contribution is -2.42. The zero-order valence-corrected chi connectivity index (χ0v) is 11.1. The van der Waals surface area contributed by atoms with Gasteiger partial charge in [0, 0.05) is 24.3 Å². The molecule has 1 aromatic rings. The van der Waals surface area contributed by atoms with E-state index in [4.69, 9.17) is 5.11 Å². The van der Waals surface area contributed by atoms with Gasteiger partial charge in [-0.3, -0.25) is 4.79 Å². The van der Waals surface area contributed by atoms with E-state index in [2.05, 4.69) is 23.7 Å². The summed E-state index contributed by atoms with van der Waals surface area (Å²) >= 11 is 0. The van der Waals surface area contributed by atoms with Gasteiger partial charge in [-0.25, -0.2) is 4.98 Å². The maximum absolute atomic E-state index is 12.3. The summed E-state index contributed by atoms with van der Waals surface area (Å²) in [6.45, 7) is 2.72. The van der Waals surface area contributed by atoms with Crippen LogP contribution in [0, 0.1) is 11.8 Å². The molecule has 2 heterocycles. The van der Waals surface area contributed by atoms with Crippen LogP contribution in [0.2, 0.25) is 0 Å². The third kappa shape index (κ3) is 3.33. The second-order valence-corrected chi connectivity index (χ2v) is 4.74. The van der Waals surface area contributed by atoms with Crippen molar-refractivity contribution < 1.29 is 9.90 Å². The fourth-order valence-corrected chi connectivity index (χ4v) is 2.28. The van der Waals surface area contributed by atoms with Gasteiger partial charge in [0.1, 0.15) is 12.3 Å². The summed E-state index contributed by atoms with van der Waals surface area (Å²) in [5.74, 6) is 5.31. The highest BCUT2D eigenvalue weighted by atomic mass is 16.2. The Kier molecular flexibility index (Phi) is 4.53. The average Bonchev–Trinajstić information content (AvgIpc) is 2.45. The van der Waals surface area contributed by atoms with Gasteiger partial charge in [-0.1, -0.05) is 11.8 Å². The molecule has 1 saturated heterocycles. The van der Waals surface area contributed by atoms with Crippen LogP contribution >= 0.6 is 0 Å². The first kappa shape index (κ1) is 13.6. The van der Waals surface area contributed by atoms with E-state index in [0.29, 0.717) is 11.3 Å². The summed E-state index contributed by atoms with van der Waals surface area (Å²) in [4.78, 5) is 18.4. The monoisotopic (exact) mass is 258 g/mol. The minimum Gasteiger partial charge on any atom is -0.384 e. The molecule has 1 amide bonds. The Hall–Kier alpha value is -1.86.